The van der Waals surface area contributed by atoms with E-state index in [4.69, 9.17) is 17.2 Å². The Morgan fingerprint density at radius 1 is 0.905 bits per heavy atom. The Bertz CT molecular complexity index is 1080. The molecule has 42 heavy (non-hydrogen) atoms. The van der Waals surface area contributed by atoms with Gasteiger partial charge in [-0.15, -0.1) is 0 Å². The number of carbonyl (C=O) groups is 7. The summed E-state index contributed by atoms with van der Waals surface area (Å²) in [4.78, 5) is 92.6. The fourth-order valence-corrected chi connectivity index (χ4v) is 4.89. The van der Waals surface area contributed by atoms with Crippen LogP contribution in [0.1, 0.15) is 44.9 Å². The highest BCUT2D eigenvalue weighted by Crippen LogP contribution is 2.20. The summed E-state index contributed by atoms with van der Waals surface area (Å²) in [5.74, 6) is -6.32. The van der Waals surface area contributed by atoms with Crippen LogP contribution >= 0.6 is 0 Å². The van der Waals surface area contributed by atoms with Crippen molar-refractivity contribution in [1.29, 1.82) is 0 Å². The van der Waals surface area contributed by atoms with Crippen molar-refractivity contribution in [3.05, 3.63) is 0 Å². The van der Waals surface area contributed by atoms with Crippen molar-refractivity contribution in [2.75, 3.05) is 32.7 Å². The molecule has 0 saturated carbocycles. The zero-order valence-electron chi connectivity index (χ0n) is 23.1. The van der Waals surface area contributed by atoms with Gasteiger partial charge < -0.3 is 53.2 Å². The van der Waals surface area contributed by atoms with E-state index in [0.717, 1.165) is 4.90 Å². The maximum atomic E-state index is 13.0. The Labute approximate surface area is 241 Å². The molecule has 11 N–H and O–H groups in total. The van der Waals surface area contributed by atoms with Crippen LogP contribution in [0.3, 0.4) is 0 Å². The van der Waals surface area contributed by atoms with E-state index in [-0.39, 0.29) is 44.9 Å². The second kappa shape index (κ2) is 16.1. The lowest BCUT2D eigenvalue weighted by Crippen LogP contribution is -2.56. The Balaban J connectivity index is 2.05. The number of aliphatic carboxylic acids is 2. The molecule has 5 amide bonds. The molecule has 2 saturated heterocycles. The number of hydrogen-bond acceptors (Lipinski definition) is 9. The first-order chi connectivity index (χ1) is 19.8. The quantitative estimate of drug-likeness (QED) is 0.0504. The summed E-state index contributed by atoms with van der Waals surface area (Å²) in [6, 6.07) is -4.66. The first-order valence-electron chi connectivity index (χ1n) is 13.5. The van der Waals surface area contributed by atoms with Gasteiger partial charge in [0.05, 0.1) is 19.5 Å². The number of guanidine groups is 1. The summed E-state index contributed by atoms with van der Waals surface area (Å²) >= 11 is 0. The third-order valence-corrected chi connectivity index (χ3v) is 6.88. The van der Waals surface area contributed by atoms with E-state index < -0.39 is 78.6 Å². The van der Waals surface area contributed by atoms with Crippen LogP contribution in [-0.4, -0.2) is 124 Å². The van der Waals surface area contributed by atoms with Gasteiger partial charge in [0, 0.05) is 19.6 Å². The van der Waals surface area contributed by atoms with E-state index in [1.54, 1.807) is 0 Å². The topological polar surface area (TPSA) is 293 Å². The summed E-state index contributed by atoms with van der Waals surface area (Å²) in [7, 11) is 0. The Morgan fingerprint density at radius 2 is 1.55 bits per heavy atom. The molecular weight excluding hydrogens is 558 g/mol. The maximum Gasteiger partial charge on any atom is 0.326 e. The van der Waals surface area contributed by atoms with Crippen LogP contribution in [0.25, 0.3) is 0 Å². The van der Waals surface area contributed by atoms with Crippen LogP contribution in [0.5, 0.6) is 0 Å². The molecule has 2 fully saturated rings. The lowest BCUT2D eigenvalue weighted by atomic mass is 10.1. The molecule has 0 aromatic carbocycles. The van der Waals surface area contributed by atoms with E-state index >= 15 is 0 Å². The molecule has 234 valence electrons. The van der Waals surface area contributed by atoms with Gasteiger partial charge in [0.2, 0.25) is 29.5 Å². The summed E-state index contributed by atoms with van der Waals surface area (Å²) in [6.45, 7) is -0.366. The SMILES string of the molecule is NCC(=O)N1CCC[C@H]1C(=O)N[C@@H](CCCN=C(N)N)C(=O)NCC(=O)N[C@@H](CC(=O)O)C(=O)N1CCC[C@@H]1C(=O)O. The van der Waals surface area contributed by atoms with E-state index in [2.05, 4.69) is 20.9 Å². The largest absolute Gasteiger partial charge is 0.481 e. The minimum absolute atomic E-state index is 0.0686. The molecule has 0 aromatic rings. The zero-order valence-corrected chi connectivity index (χ0v) is 23.1. The average molecular weight is 598 g/mol. The van der Waals surface area contributed by atoms with E-state index in [0.29, 0.717) is 25.8 Å². The zero-order chi connectivity index (χ0) is 31.4. The lowest BCUT2D eigenvalue weighted by molar-refractivity contribution is -0.150. The number of amides is 5. The molecule has 2 aliphatic heterocycles. The molecule has 0 bridgehead atoms. The van der Waals surface area contributed by atoms with Gasteiger partial charge in [-0.25, -0.2) is 4.79 Å². The van der Waals surface area contributed by atoms with Crippen molar-refractivity contribution in [3.8, 4) is 0 Å². The number of nitrogens with one attached hydrogen (secondary N) is 3. The Kier molecular flexibility index (Phi) is 12.9. The number of likely N-dealkylation sites (tertiary alicyclic amines) is 2. The number of nitrogens with zero attached hydrogens (tertiary/aromatic N) is 3. The highest BCUT2D eigenvalue weighted by Gasteiger charge is 2.39. The molecule has 18 heteroatoms. The van der Waals surface area contributed by atoms with Crippen molar-refractivity contribution in [1.82, 2.24) is 25.8 Å². The standard InChI is InChI=1S/C24H39N9O9/c25-11-18(35)32-8-2-5-15(32)21(39)31-13(4-1-7-28-24(26)27)20(38)29-12-17(34)30-14(10-19(36)37)22(40)33-9-3-6-16(33)23(41)42/h13-16H,1-12,25H2,(H,29,38)(H,30,34)(H,31,39)(H,36,37)(H,41,42)(H4,26,27,28)/t13-,14-,15-,16+/m0/s1. The van der Waals surface area contributed by atoms with E-state index in [1.165, 1.54) is 4.90 Å². The smallest absolute Gasteiger partial charge is 0.326 e. The summed E-state index contributed by atoms with van der Waals surface area (Å²) in [5.41, 5.74) is 16.1. The van der Waals surface area contributed by atoms with Gasteiger partial charge in [0.15, 0.2) is 5.96 Å². The van der Waals surface area contributed by atoms with Gasteiger partial charge in [-0.2, -0.15) is 0 Å². The third kappa shape index (κ3) is 9.86. The van der Waals surface area contributed by atoms with Crippen molar-refractivity contribution in [3.63, 3.8) is 0 Å². The number of nitrogens with two attached hydrogens (primary N) is 3. The van der Waals surface area contributed by atoms with Gasteiger partial charge in [-0.1, -0.05) is 0 Å². The van der Waals surface area contributed by atoms with Crippen molar-refractivity contribution < 1.29 is 43.8 Å². The summed E-state index contributed by atoms with van der Waals surface area (Å²) < 4.78 is 0. The second-order valence-corrected chi connectivity index (χ2v) is 9.92. The lowest BCUT2D eigenvalue weighted by Gasteiger charge is -2.27. The first kappa shape index (κ1) is 33.7. The molecule has 2 heterocycles. The van der Waals surface area contributed by atoms with Crippen LogP contribution in [0.15, 0.2) is 4.99 Å². The predicted octanol–water partition coefficient (Wildman–Crippen LogP) is -4.37. The Hall–Kier alpha value is -4.48. The molecule has 0 aliphatic carbocycles. The van der Waals surface area contributed by atoms with Crippen molar-refractivity contribution >= 4 is 47.4 Å². The van der Waals surface area contributed by atoms with Crippen LogP contribution in [0.4, 0.5) is 0 Å². The average Bonchev–Trinajstić information content (AvgIpc) is 3.62. The van der Waals surface area contributed by atoms with Gasteiger partial charge >= 0.3 is 11.9 Å². The predicted molar refractivity (Wildman–Crippen MR) is 145 cm³/mol. The highest BCUT2D eigenvalue weighted by molar-refractivity contribution is 5.96. The Morgan fingerprint density at radius 3 is 2.14 bits per heavy atom. The van der Waals surface area contributed by atoms with Crippen LogP contribution in [-0.2, 0) is 33.6 Å². The van der Waals surface area contributed by atoms with E-state index in [9.17, 15) is 43.8 Å². The minimum Gasteiger partial charge on any atom is -0.481 e. The summed E-state index contributed by atoms with van der Waals surface area (Å²) in [5, 5.41) is 25.8. The number of carboxylic acids is 2. The molecule has 0 radical (unpaired) electrons. The number of hydrogen-bond donors (Lipinski definition) is 8. The number of rotatable bonds is 15. The molecule has 2 aliphatic rings. The fourth-order valence-electron chi connectivity index (χ4n) is 4.89. The van der Waals surface area contributed by atoms with Crippen molar-refractivity contribution in [2.45, 2.75) is 69.1 Å². The molecule has 4 atom stereocenters. The minimum atomic E-state index is -1.56. The van der Waals surface area contributed by atoms with Gasteiger partial charge in [0.25, 0.3) is 0 Å². The number of carboxylic acid groups (broad SMARTS) is 2. The number of carbonyl (C=O) groups excluding carboxylic acids is 5. The van der Waals surface area contributed by atoms with Crippen LogP contribution in [0.2, 0.25) is 0 Å². The first-order valence-corrected chi connectivity index (χ1v) is 13.5. The van der Waals surface area contributed by atoms with Crippen molar-refractivity contribution in [2.24, 2.45) is 22.2 Å². The molecule has 0 spiro atoms. The summed E-state index contributed by atoms with van der Waals surface area (Å²) in [6.07, 6.45) is 1.09. The molecular formula is C24H39N9O9. The maximum absolute atomic E-state index is 13.0. The van der Waals surface area contributed by atoms with Crippen LogP contribution < -0.4 is 33.2 Å². The fraction of sp³-hybridized carbons (Fsp3) is 0.667. The van der Waals surface area contributed by atoms with Gasteiger partial charge in [0.1, 0.15) is 24.2 Å². The van der Waals surface area contributed by atoms with Crippen LogP contribution in [0, 0.1) is 0 Å². The highest BCUT2D eigenvalue weighted by atomic mass is 16.4. The monoisotopic (exact) mass is 597 g/mol. The molecule has 0 unspecified atom stereocenters. The van der Waals surface area contributed by atoms with Gasteiger partial charge in [-0.3, -0.25) is 33.8 Å². The third-order valence-electron chi connectivity index (χ3n) is 6.88. The second-order valence-electron chi connectivity index (χ2n) is 9.92. The molecule has 2 rings (SSSR count). The van der Waals surface area contributed by atoms with E-state index in [1.807, 2.05) is 0 Å². The number of aliphatic imine (C=N–C) groups is 1. The molecule has 18 nitrogen and oxygen atoms in total. The van der Waals surface area contributed by atoms with Gasteiger partial charge in [-0.05, 0) is 38.5 Å². The molecule has 0 aromatic heterocycles. The normalized spacial score (nSPS) is 19.4.